The SMILES string of the molecule is CCCC(C)(N)C(=O)Nc1nnc(C(C)C)s1. The van der Waals surface area contributed by atoms with E-state index in [9.17, 15) is 4.79 Å². The molecule has 1 aromatic rings. The fraction of sp³-hybridized carbons (Fsp3) is 0.727. The molecule has 0 bridgehead atoms. The maximum Gasteiger partial charge on any atom is 0.245 e. The summed E-state index contributed by atoms with van der Waals surface area (Å²) in [6.07, 6.45) is 1.52. The highest BCUT2D eigenvalue weighted by Gasteiger charge is 2.28. The summed E-state index contributed by atoms with van der Waals surface area (Å²) in [5.41, 5.74) is 5.08. The monoisotopic (exact) mass is 256 g/mol. The van der Waals surface area contributed by atoms with Gasteiger partial charge in [0.05, 0.1) is 5.54 Å². The first-order chi connectivity index (χ1) is 7.86. The number of nitrogens with zero attached hydrogens (tertiary/aromatic N) is 2. The van der Waals surface area contributed by atoms with Crippen LogP contribution in [0.1, 0.15) is 51.5 Å². The zero-order valence-electron chi connectivity index (χ0n) is 10.8. The van der Waals surface area contributed by atoms with E-state index < -0.39 is 5.54 Å². The summed E-state index contributed by atoms with van der Waals surface area (Å²) < 4.78 is 0. The Kier molecular flexibility index (Phi) is 4.59. The minimum atomic E-state index is -0.849. The molecule has 1 rings (SSSR count). The summed E-state index contributed by atoms with van der Waals surface area (Å²) in [4.78, 5) is 11.9. The third kappa shape index (κ3) is 3.74. The molecule has 3 N–H and O–H groups in total. The molecule has 96 valence electrons. The highest BCUT2D eigenvalue weighted by Crippen LogP contribution is 2.23. The number of carbonyl (C=O) groups excluding carboxylic acids is 1. The van der Waals surface area contributed by atoms with Crippen LogP contribution in [0.25, 0.3) is 0 Å². The van der Waals surface area contributed by atoms with E-state index in [1.165, 1.54) is 11.3 Å². The van der Waals surface area contributed by atoms with Crippen LogP contribution >= 0.6 is 11.3 Å². The molecule has 0 saturated heterocycles. The molecule has 6 heteroatoms. The van der Waals surface area contributed by atoms with Gasteiger partial charge in [-0.15, -0.1) is 10.2 Å². The van der Waals surface area contributed by atoms with Crippen molar-refractivity contribution in [2.24, 2.45) is 5.73 Å². The van der Waals surface area contributed by atoms with Gasteiger partial charge in [-0.25, -0.2) is 0 Å². The first-order valence-corrected chi connectivity index (χ1v) is 6.62. The number of nitrogens with two attached hydrogens (primary N) is 1. The lowest BCUT2D eigenvalue weighted by Crippen LogP contribution is -2.48. The quantitative estimate of drug-likeness (QED) is 0.845. The Morgan fingerprint density at radius 3 is 2.65 bits per heavy atom. The Balaban J connectivity index is 2.67. The Morgan fingerprint density at radius 2 is 2.18 bits per heavy atom. The van der Waals surface area contributed by atoms with Crippen molar-refractivity contribution in [1.29, 1.82) is 0 Å². The van der Waals surface area contributed by atoms with E-state index in [1.54, 1.807) is 6.92 Å². The Labute approximate surface area is 106 Å². The maximum atomic E-state index is 11.9. The summed E-state index contributed by atoms with van der Waals surface area (Å²) in [5, 5.41) is 12.1. The van der Waals surface area contributed by atoms with Gasteiger partial charge < -0.3 is 5.73 Å². The van der Waals surface area contributed by atoms with Gasteiger partial charge in [0, 0.05) is 5.92 Å². The van der Waals surface area contributed by atoms with Crippen molar-refractivity contribution in [3.8, 4) is 0 Å². The largest absolute Gasteiger partial charge is 0.318 e. The number of carbonyl (C=O) groups is 1. The average molecular weight is 256 g/mol. The van der Waals surface area contributed by atoms with Gasteiger partial charge in [-0.3, -0.25) is 10.1 Å². The lowest BCUT2D eigenvalue weighted by atomic mass is 9.97. The van der Waals surface area contributed by atoms with Gasteiger partial charge in [-0.1, -0.05) is 38.5 Å². The number of nitrogens with one attached hydrogen (secondary N) is 1. The summed E-state index contributed by atoms with van der Waals surface area (Å²) in [6, 6.07) is 0. The van der Waals surface area contributed by atoms with Gasteiger partial charge in [0.2, 0.25) is 11.0 Å². The van der Waals surface area contributed by atoms with Crippen LogP contribution in [0.4, 0.5) is 5.13 Å². The highest BCUT2D eigenvalue weighted by atomic mass is 32.1. The zero-order valence-corrected chi connectivity index (χ0v) is 11.6. The van der Waals surface area contributed by atoms with Gasteiger partial charge in [-0.2, -0.15) is 0 Å². The van der Waals surface area contributed by atoms with Crippen molar-refractivity contribution >= 4 is 22.4 Å². The fourth-order valence-corrected chi connectivity index (χ4v) is 2.13. The standard InChI is InChI=1S/C11H20N4OS/c1-5-6-11(4,12)9(16)13-10-15-14-8(17-10)7(2)3/h7H,5-6,12H2,1-4H3,(H,13,15,16). The Hall–Kier alpha value is -1.01. The zero-order chi connectivity index (χ0) is 13.1. The first kappa shape index (κ1) is 14.1. The number of hydrogen-bond acceptors (Lipinski definition) is 5. The summed E-state index contributed by atoms with van der Waals surface area (Å²) in [7, 11) is 0. The van der Waals surface area contributed by atoms with Gasteiger partial charge in [0.15, 0.2) is 0 Å². The second-order valence-electron chi connectivity index (χ2n) is 4.72. The second kappa shape index (κ2) is 5.55. The van der Waals surface area contributed by atoms with E-state index in [0.29, 0.717) is 17.5 Å². The molecule has 1 amide bonds. The van der Waals surface area contributed by atoms with Crippen molar-refractivity contribution in [2.45, 2.75) is 52.0 Å². The van der Waals surface area contributed by atoms with E-state index in [4.69, 9.17) is 5.73 Å². The minimum Gasteiger partial charge on any atom is -0.318 e. The topological polar surface area (TPSA) is 80.9 Å². The van der Waals surface area contributed by atoms with Crippen LogP contribution in [-0.4, -0.2) is 21.6 Å². The molecule has 0 saturated carbocycles. The molecule has 1 atom stereocenters. The Morgan fingerprint density at radius 1 is 1.53 bits per heavy atom. The predicted molar refractivity (Wildman–Crippen MR) is 70.1 cm³/mol. The molecular weight excluding hydrogens is 236 g/mol. The fourth-order valence-electron chi connectivity index (χ4n) is 1.39. The highest BCUT2D eigenvalue weighted by molar-refractivity contribution is 7.15. The molecule has 1 aromatic heterocycles. The third-order valence-electron chi connectivity index (χ3n) is 2.44. The maximum absolute atomic E-state index is 11.9. The van der Waals surface area contributed by atoms with Crippen LogP contribution in [0.3, 0.4) is 0 Å². The number of rotatable bonds is 5. The van der Waals surface area contributed by atoms with E-state index in [1.807, 2.05) is 20.8 Å². The van der Waals surface area contributed by atoms with Crippen molar-refractivity contribution in [3.05, 3.63) is 5.01 Å². The summed E-state index contributed by atoms with van der Waals surface area (Å²) in [6.45, 7) is 7.81. The average Bonchev–Trinajstić information content (AvgIpc) is 2.66. The third-order valence-corrected chi connectivity index (χ3v) is 3.58. The molecule has 0 radical (unpaired) electrons. The van der Waals surface area contributed by atoms with Crippen molar-refractivity contribution in [1.82, 2.24) is 10.2 Å². The summed E-state index contributed by atoms with van der Waals surface area (Å²) in [5.74, 6) is 0.115. The predicted octanol–water partition coefficient (Wildman–Crippen LogP) is 2.12. The van der Waals surface area contributed by atoms with Crippen LogP contribution in [0.15, 0.2) is 0 Å². The molecule has 5 nitrogen and oxygen atoms in total. The van der Waals surface area contributed by atoms with Crippen LogP contribution in [0.5, 0.6) is 0 Å². The van der Waals surface area contributed by atoms with E-state index in [2.05, 4.69) is 15.5 Å². The van der Waals surface area contributed by atoms with E-state index in [-0.39, 0.29) is 5.91 Å². The van der Waals surface area contributed by atoms with Crippen LogP contribution in [-0.2, 0) is 4.79 Å². The molecule has 1 heterocycles. The number of anilines is 1. The lowest BCUT2D eigenvalue weighted by Gasteiger charge is -2.21. The second-order valence-corrected chi connectivity index (χ2v) is 5.73. The van der Waals surface area contributed by atoms with Crippen LogP contribution in [0, 0.1) is 0 Å². The van der Waals surface area contributed by atoms with E-state index in [0.717, 1.165) is 11.4 Å². The molecule has 0 aliphatic carbocycles. The van der Waals surface area contributed by atoms with Gasteiger partial charge >= 0.3 is 0 Å². The molecule has 17 heavy (non-hydrogen) atoms. The lowest BCUT2D eigenvalue weighted by molar-refractivity contribution is -0.120. The van der Waals surface area contributed by atoms with Crippen LogP contribution < -0.4 is 11.1 Å². The molecule has 0 aromatic carbocycles. The molecule has 1 unspecified atom stereocenters. The van der Waals surface area contributed by atoms with Gasteiger partial charge in [-0.05, 0) is 13.3 Å². The first-order valence-electron chi connectivity index (χ1n) is 5.80. The van der Waals surface area contributed by atoms with E-state index >= 15 is 0 Å². The van der Waals surface area contributed by atoms with Crippen molar-refractivity contribution in [2.75, 3.05) is 5.32 Å². The number of hydrogen-bond donors (Lipinski definition) is 2. The summed E-state index contributed by atoms with van der Waals surface area (Å²) >= 11 is 1.39. The smallest absolute Gasteiger partial charge is 0.245 e. The molecule has 0 spiro atoms. The molecule has 0 aliphatic heterocycles. The molecule has 0 aliphatic rings. The Bertz CT molecular complexity index is 387. The van der Waals surface area contributed by atoms with Crippen molar-refractivity contribution < 1.29 is 4.79 Å². The number of aromatic nitrogens is 2. The molecule has 0 fully saturated rings. The van der Waals surface area contributed by atoms with Crippen molar-refractivity contribution in [3.63, 3.8) is 0 Å². The number of amides is 1. The molecular formula is C11H20N4OS. The van der Waals surface area contributed by atoms with Gasteiger partial charge in [0.1, 0.15) is 5.01 Å². The normalized spacial score (nSPS) is 14.7. The van der Waals surface area contributed by atoms with Gasteiger partial charge in [0.25, 0.3) is 0 Å². The minimum absolute atomic E-state index is 0.203. The van der Waals surface area contributed by atoms with Crippen LogP contribution in [0.2, 0.25) is 0 Å².